The molecule has 21 heavy (non-hydrogen) atoms. The van der Waals surface area contributed by atoms with E-state index in [-0.39, 0.29) is 6.04 Å². The van der Waals surface area contributed by atoms with Crippen molar-refractivity contribution in [2.24, 2.45) is 0 Å². The maximum Gasteiger partial charge on any atom is 0.244 e. The maximum atomic E-state index is 9.92. The van der Waals surface area contributed by atoms with Crippen LogP contribution in [0.4, 0.5) is 0 Å². The zero-order chi connectivity index (χ0) is 15.0. The van der Waals surface area contributed by atoms with E-state index in [0.29, 0.717) is 47.0 Å². The number of hydrogen-bond acceptors (Lipinski definition) is 6. The molecule has 1 saturated heterocycles. The third-order valence-electron chi connectivity index (χ3n) is 3.45. The number of pyridine rings is 1. The summed E-state index contributed by atoms with van der Waals surface area (Å²) in [5.74, 6) is 1.09. The first-order chi connectivity index (χ1) is 10.0. The summed E-state index contributed by atoms with van der Waals surface area (Å²) in [5, 5.41) is 14.7. The second-order valence-corrected chi connectivity index (χ2v) is 5.94. The van der Waals surface area contributed by atoms with Crippen LogP contribution in [0.5, 0.6) is 0 Å². The molecule has 1 fully saturated rings. The van der Waals surface area contributed by atoms with Crippen LogP contribution in [0.2, 0.25) is 10.0 Å². The Morgan fingerprint density at radius 1 is 1.48 bits per heavy atom. The Hall–Kier alpha value is -1.21. The Kier molecular flexibility index (Phi) is 4.12. The van der Waals surface area contributed by atoms with Gasteiger partial charge in [-0.15, -0.1) is 0 Å². The fourth-order valence-electron chi connectivity index (χ4n) is 2.51. The minimum atomic E-state index is -0.437. The van der Waals surface area contributed by atoms with Gasteiger partial charge in [0.25, 0.3) is 0 Å². The van der Waals surface area contributed by atoms with Crippen LogP contribution < -0.4 is 0 Å². The van der Waals surface area contributed by atoms with E-state index < -0.39 is 6.10 Å². The molecule has 2 aromatic heterocycles. The van der Waals surface area contributed by atoms with Crippen LogP contribution in [0.3, 0.4) is 0 Å². The summed E-state index contributed by atoms with van der Waals surface area (Å²) >= 11 is 12.0. The summed E-state index contributed by atoms with van der Waals surface area (Å²) in [6.45, 7) is 2.76. The minimum Gasteiger partial charge on any atom is -0.392 e. The average Bonchev–Trinajstić information content (AvgIpc) is 2.99. The van der Waals surface area contributed by atoms with E-state index >= 15 is 0 Å². The van der Waals surface area contributed by atoms with E-state index in [9.17, 15) is 5.11 Å². The quantitative estimate of drug-likeness (QED) is 0.932. The van der Waals surface area contributed by atoms with Crippen molar-refractivity contribution in [1.82, 2.24) is 20.0 Å². The number of hydrogen-bond donors (Lipinski definition) is 1. The standard InChI is InChI=1S/C13H14Cl2N4O2/c1-7-17-13(21-18-7)12-3-9(20)5-19(12)6-11-10(15)2-8(14)4-16-11/h2,4,9,12,20H,3,5-6H2,1H3/t9-,12-/m1/s1. The highest BCUT2D eigenvalue weighted by Gasteiger charge is 2.36. The SMILES string of the molecule is Cc1noc([C@H]2C[C@@H](O)CN2Cc2ncc(Cl)cc2Cl)n1. The van der Waals surface area contributed by atoms with Crippen molar-refractivity contribution in [2.75, 3.05) is 6.54 Å². The first-order valence-electron chi connectivity index (χ1n) is 6.55. The average molecular weight is 329 g/mol. The molecule has 0 aromatic carbocycles. The van der Waals surface area contributed by atoms with E-state index in [4.69, 9.17) is 27.7 Å². The third-order valence-corrected chi connectivity index (χ3v) is 3.98. The number of halogens is 2. The van der Waals surface area contributed by atoms with Gasteiger partial charge in [-0.2, -0.15) is 4.98 Å². The molecule has 0 unspecified atom stereocenters. The fraction of sp³-hybridized carbons (Fsp3) is 0.462. The van der Waals surface area contributed by atoms with E-state index in [2.05, 4.69) is 15.1 Å². The van der Waals surface area contributed by atoms with Gasteiger partial charge < -0.3 is 9.63 Å². The Bertz CT molecular complexity index is 649. The van der Waals surface area contributed by atoms with Gasteiger partial charge in [0.1, 0.15) is 0 Å². The summed E-state index contributed by atoms with van der Waals surface area (Å²) in [6.07, 6.45) is 1.67. The van der Waals surface area contributed by atoms with Gasteiger partial charge in [0.15, 0.2) is 5.82 Å². The first kappa shape index (κ1) is 14.7. The summed E-state index contributed by atoms with van der Waals surface area (Å²) in [4.78, 5) is 10.5. The predicted octanol–water partition coefficient (Wildman–Crippen LogP) is 2.39. The molecule has 8 heteroatoms. The van der Waals surface area contributed by atoms with E-state index in [0.717, 1.165) is 0 Å². The van der Waals surface area contributed by atoms with Crippen LogP contribution in [0.1, 0.15) is 29.9 Å². The number of aryl methyl sites for hydroxylation is 1. The maximum absolute atomic E-state index is 9.92. The zero-order valence-corrected chi connectivity index (χ0v) is 12.8. The number of aliphatic hydroxyl groups excluding tert-OH is 1. The lowest BCUT2D eigenvalue weighted by atomic mass is 10.2. The van der Waals surface area contributed by atoms with Crippen LogP contribution >= 0.6 is 23.2 Å². The summed E-state index contributed by atoms with van der Waals surface area (Å²) in [7, 11) is 0. The topological polar surface area (TPSA) is 75.3 Å². The van der Waals surface area contributed by atoms with Gasteiger partial charge in [-0.05, 0) is 19.4 Å². The van der Waals surface area contributed by atoms with Crippen LogP contribution in [0, 0.1) is 6.92 Å². The van der Waals surface area contributed by atoms with Crippen LogP contribution in [-0.4, -0.2) is 37.8 Å². The fourth-order valence-corrected chi connectivity index (χ4v) is 2.95. The van der Waals surface area contributed by atoms with Gasteiger partial charge in [0.2, 0.25) is 5.89 Å². The van der Waals surface area contributed by atoms with Gasteiger partial charge in [-0.25, -0.2) is 0 Å². The number of aromatic nitrogens is 3. The molecule has 1 N–H and O–H groups in total. The zero-order valence-electron chi connectivity index (χ0n) is 11.3. The van der Waals surface area contributed by atoms with Gasteiger partial charge in [-0.3, -0.25) is 9.88 Å². The van der Waals surface area contributed by atoms with Crippen molar-refractivity contribution in [1.29, 1.82) is 0 Å². The number of β-amino-alcohol motifs (C(OH)–C–C–N with tert-alkyl or cyclic N) is 1. The highest BCUT2D eigenvalue weighted by molar-refractivity contribution is 6.34. The van der Waals surface area contributed by atoms with E-state index in [1.165, 1.54) is 0 Å². The van der Waals surface area contributed by atoms with Crippen molar-refractivity contribution in [3.05, 3.63) is 39.7 Å². The molecule has 0 aliphatic carbocycles. The monoisotopic (exact) mass is 328 g/mol. The van der Waals surface area contributed by atoms with Crippen LogP contribution in [0.15, 0.2) is 16.8 Å². The molecule has 0 bridgehead atoms. The van der Waals surface area contributed by atoms with Gasteiger partial charge in [0, 0.05) is 19.3 Å². The number of rotatable bonds is 3. The Balaban J connectivity index is 1.82. The van der Waals surface area contributed by atoms with Gasteiger partial charge >= 0.3 is 0 Å². The molecular weight excluding hydrogens is 315 g/mol. The van der Waals surface area contributed by atoms with Gasteiger partial charge in [0.05, 0.1) is 27.9 Å². The molecule has 112 valence electrons. The minimum absolute atomic E-state index is 0.130. The summed E-state index contributed by atoms with van der Waals surface area (Å²) in [5.41, 5.74) is 0.705. The lowest BCUT2D eigenvalue weighted by Crippen LogP contribution is -2.25. The normalized spacial score (nSPS) is 22.9. The molecule has 2 aromatic rings. The highest BCUT2D eigenvalue weighted by Crippen LogP contribution is 2.33. The Morgan fingerprint density at radius 3 is 2.95 bits per heavy atom. The molecule has 0 radical (unpaired) electrons. The van der Waals surface area contributed by atoms with Crippen molar-refractivity contribution in [2.45, 2.75) is 32.0 Å². The lowest BCUT2D eigenvalue weighted by molar-refractivity contribution is 0.168. The van der Waals surface area contributed by atoms with E-state index in [1.54, 1.807) is 19.2 Å². The number of aliphatic hydroxyl groups is 1. The number of nitrogens with zero attached hydrogens (tertiary/aromatic N) is 4. The molecule has 0 saturated carbocycles. The Morgan fingerprint density at radius 2 is 2.29 bits per heavy atom. The molecule has 3 rings (SSSR count). The van der Waals surface area contributed by atoms with Crippen molar-refractivity contribution in [3.8, 4) is 0 Å². The molecule has 0 spiro atoms. The second kappa shape index (κ2) is 5.88. The lowest BCUT2D eigenvalue weighted by Gasteiger charge is -2.21. The Labute approximate surface area is 131 Å². The molecule has 1 aliphatic heterocycles. The van der Waals surface area contributed by atoms with Crippen LogP contribution in [-0.2, 0) is 6.54 Å². The smallest absolute Gasteiger partial charge is 0.244 e. The van der Waals surface area contributed by atoms with Gasteiger partial charge in [-0.1, -0.05) is 28.4 Å². The largest absolute Gasteiger partial charge is 0.392 e. The van der Waals surface area contributed by atoms with Crippen molar-refractivity contribution < 1.29 is 9.63 Å². The second-order valence-electron chi connectivity index (χ2n) is 5.10. The third kappa shape index (κ3) is 3.18. The summed E-state index contributed by atoms with van der Waals surface area (Å²) < 4.78 is 5.23. The molecule has 3 heterocycles. The molecule has 6 nitrogen and oxygen atoms in total. The first-order valence-corrected chi connectivity index (χ1v) is 7.31. The van der Waals surface area contributed by atoms with Crippen molar-refractivity contribution in [3.63, 3.8) is 0 Å². The molecular formula is C13H14Cl2N4O2. The van der Waals surface area contributed by atoms with Crippen molar-refractivity contribution >= 4 is 23.2 Å². The highest BCUT2D eigenvalue weighted by atomic mass is 35.5. The number of likely N-dealkylation sites (tertiary alicyclic amines) is 1. The van der Waals surface area contributed by atoms with Crippen LogP contribution in [0.25, 0.3) is 0 Å². The summed E-state index contributed by atoms with van der Waals surface area (Å²) in [6, 6.07) is 1.53. The molecule has 2 atom stereocenters. The molecule has 0 amide bonds. The molecule has 1 aliphatic rings. The van der Waals surface area contributed by atoms with E-state index in [1.807, 2.05) is 4.90 Å². The predicted molar refractivity (Wildman–Crippen MR) is 77.1 cm³/mol.